The first-order chi connectivity index (χ1) is 11.7. The van der Waals surface area contributed by atoms with Gasteiger partial charge in [0, 0.05) is 11.6 Å². The van der Waals surface area contributed by atoms with Crippen molar-refractivity contribution in [2.24, 2.45) is 0 Å². The molecule has 1 unspecified atom stereocenters. The third kappa shape index (κ3) is 4.04. The monoisotopic (exact) mass is 388 g/mol. The zero-order valence-corrected chi connectivity index (χ0v) is 16.1. The Morgan fingerprint density at radius 2 is 1.77 bits per heavy atom. The molecule has 3 rings (SSSR count). The van der Waals surface area contributed by atoms with E-state index in [9.17, 15) is 29.6 Å². The van der Waals surface area contributed by atoms with Crippen LogP contribution in [0.1, 0.15) is 0 Å². The third-order valence-electron chi connectivity index (χ3n) is 3.29. The van der Waals surface area contributed by atoms with Gasteiger partial charge in [-0.2, -0.15) is 0 Å². The van der Waals surface area contributed by atoms with Crippen molar-refractivity contribution in [3.8, 4) is 34.3 Å². The van der Waals surface area contributed by atoms with Crippen LogP contribution in [0.4, 0.5) is 0 Å². The maximum absolute atomic E-state index is 12.2. The van der Waals surface area contributed by atoms with E-state index in [4.69, 9.17) is 9.31 Å². The molecule has 0 saturated carbocycles. The molecule has 0 bridgehead atoms. The van der Waals surface area contributed by atoms with Crippen molar-refractivity contribution in [2.75, 3.05) is 0 Å². The van der Waals surface area contributed by atoms with Crippen LogP contribution in [0.15, 0.2) is 45.6 Å². The van der Waals surface area contributed by atoms with Crippen LogP contribution in [0, 0.1) is 0 Å². The number of phenolic OH excluding ortho intramolecular Hbond substituents is 2. The molecule has 0 fully saturated rings. The smallest absolute Gasteiger partial charge is 0.746 e. The summed E-state index contributed by atoms with van der Waals surface area (Å²) in [5.74, 6) is -2.50. The summed E-state index contributed by atoms with van der Waals surface area (Å²) in [6, 6.07) is 6.87. The fourth-order valence-corrected chi connectivity index (χ4v) is 2.62. The van der Waals surface area contributed by atoms with E-state index >= 15 is 0 Å². The van der Waals surface area contributed by atoms with Crippen molar-refractivity contribution >= 4 is 18.8 Å². The van der Waals surface area contributed by atoms with E-state index < -0.39 is 30.5 Å². The van der Waals surface area contributed by atoms with Crippen molar-refractivity contribution in [3.05, 3.63) is 46.6 Å². The Labute approximate surface area is 167 Å². The molecular formula is C15H10NaO9P. The topological polar surface area (TPSA) is 160 Å². The fourth-order valence-electron chi connectivity index (χ4n) is 2.22. The first-order valence-corrected chi connectivity index (χ1v) is 8.21. The third-order valence-corrected chi connectivity index (χ3v) is 3.72. The molecule has 2 aromatic carbocycles. The minimum Gasteiger partial charge on any atom is -0.746 e. The molecule has 0 aliphatic carbocycles. The minimum atomic E-state index is -5.19. The number of phosphoric acid groups is 1. The van der Waals surface area contributed by atoms with Gasteiger partial charge in [-0.3, -0.25) is 9.36 Å². The van der Waals surface area contributed by atoms with E-state index in [0.29, 0.717) is 0 Å². The van der Waals surface area contributed by atoms with Crippen molar-refractivity contribution in [1.29, 1.82) is 0 Å². The molecule has 0 radical (unpaired) electrons. The molecule has 0 spiro atoms. The number of rotatable bonds is 3. The normalized spacial score (nSPS) is 13.0. The molecule has 11 heteroatoms. The van der Waals surface area contributed by atoms with Gasteiger partial charge in [-0.05, 0) is 30.3 Å². The van der Waals surface area contributed by atoms with E-state index in [2.05, 4.69) is 4.52 Å². The molecule has 1 atom stereocenters. The van der Waals surface area contributed by atoms with Gasteiger partial charge in [0.05, 0.1) is 5.39 Å². The van der Waals surface area contributed by atoms with Crippen LogP contribution in [-0.4, -0.2) is 20.2 Å². The SMILES string of the molecule is O=c1c(O)c(-c2ccc(O)c(OP(=O)([O-])O)c2)oc2cc(O)ccc12.[Na+]. The Morgan fingerprint density at radius 3 is 2.42 bits per heavy atom. The van der Waals surface area contributed by atoms with Crippen LogP contribution >= 0.6 is 7.82 Å². The molecule has 0 amide bonds. The van der Waals surface area contributed by atoms with Gasteiger partial charge in [0.2, 0.25) is 11.2 Å². The predicted octanol–water partition coefficient (Wildman–Crippen LogP) is -1.58. The summed E-state index contributed by atoms with van der Waals surface area (Å²) >= 11 is 0. The number of benzene rings is 2. The van der Waals surface area contributed by atoms with Gasteiger partial charge < -0.3 is 34.0 Å². The van der Waals surface area contributed by atoms with Gasteiger partial charge in [0.15, 0.2) is 17.3 Å². The summed E-state index contributed by atoms with van der Waals surface area (Å²) in [4.78, 5) is 31.8. The van der Waals surface area contributed by atoms with Gasteiger partial charge in [0.1, 0.15) is 11.3 Å². The van der Waals surface area contributed by atoms with Crippen LogP contribution in [0.25, 0.3) is 22.3 Å². The van der Waals surface area contributed by atoms with E-state index in [0.717, 1.165) is 18.2 Å². The second kappa shape index (κ2) is 7.32. The maximum atomic E-state index is 12.2. The van der Waals surface area contributed by atoms with E-state index in [-0.39, 0.29) is 57.6 Å². The molecule has 0 aliphatic heterocycles. The zero-order chi connectivity index (χ0) is 18.4. The van der Waals surface area contributed by atoms with Gasteiger partial charge in [-0.15, -0.1) is 0 Å². The molecule has 3 aromatic rings. The van der Waals surface area contributed by atoms with Crippen LogP contribution in [0.3, 0.4) is 0 Å². The average Bonchev–Trinajstić information content (AvgIpc) is 2.51. The molecule has 1 aromatic heterocycles. The summed E-state index contributed by atoms with van der Waals surface area (Å²) in [7, 11) is -5.19. The second-order valence-electron chi connectivity index (χ2n) is 5.03. The van der Waals surface area contributed by atoms with Crippen LogP contribution in [0.5, 0.6) is 23.0 Å². The number of phenols is 2. The van der Waals surface area contributed by atoms with Crippen molar-refractivity contribution in [3.63, 3.8) is 0 Å². The summed E-state index contributed by atoms with van der Waals surface area (Å²) in [6.07, 6.45) is 0. The maximum Gasteiger partial charge on any atom is 1.00 e. The molecule has 26 heavy (non-hydrogen) atoms. The number of fused-ring (bicyclic) bond motifs is 1. The van der Waals surface area contributed by atoms with E-state index in [1.807, 2.05) is 0 Å². The van der Waals surface area contributed by atoms with Crippen molar-refractivity contribution < 1.29 is 68.2 Å². The quantitative estimate of drug-likeness (QED) is 0.307. The molecule has 0 aliphatic rings. The van der Waals surface area contributed by atoms with Gasteiger partial charge in [-0.25, -0.2) is 0 Å². The summed E-state index contributed by atoms with van der Waals surface area (Å²) in [5, 5.41) is 29.2. The number of hydrogen-bond donors (Lipinski definition) is 4. The predicted molar refractivity (Wildman–Crippen MR) is 83.4 cm³/mol. The largest absolute Gasteiger partial charge is 1.00 e. The summed E-state index contributed by atoms with van der Waals surface area (Å²) in [5.41, 5.74) is -0.811. The second-order valence-corrected chi connectivity index (χ2v) is 6.15. The molecule has 0 saturated heterocycles. The van der Waals surface area contributed by atoms with Gasteiger partial charge >= 0.3 is 37.4 Å². The summed E-state index contributed by atoms with van der Waals surface area (Å²) < 4.78 is 20.5. The number of phosphoric ester groups is 1. The van der Waals surface area contributed by atoms with Crippen molar-refractivity contribution in [2.45, 2.75) is 0 Å². The van der Waals surface area contributed by atoms with Gasteiger partial charge in [-0.1, -0.05) is 0 Å². The Balaban J connectivity index is 0.00000243. The van der Waals surface area contributed by atoms with Crippen LogP contribution in [-0.2, 0) is 4.57 Å². The first kappa shape index (κ1) is 20.3. The standard InChI is InChI=1S/C15H11O9P.Na/c16-8-2-3-9-11(6-8)23-15(14(19)13(9)18)7-1-4-10(17)12(5-7)24-25(20,21)22;/h1-6,16-17,19H,(H2,20,21,22);/q;+1/p-1. The Hall–Kier alpha value is -2.00. The number of aromatic hydroxyl groups is 3. The minimum absolute atomic E-state index is 0. The van der Waals surface area contributed by atoms with E-state index in [1.54, 1.807) is 0 Å². The molecule has 130 valence electrons. The first-order valence-electron chi connectivity index (χ1n) is 6.71. The average molecular weight is 388 g/mol. The van der Waals surface area contributed by atoms with Gasteiger partial charge in [0.25, 0.3) is 0 Å². The Morgan fingerprint density at radius 1 is 1.08 bits per heavy atom. The Bertz CT molecular complexity index is 1090. The molecule has 9 nitrogen and oxygen atoms in total. The summed E-state index contributed by atoms with van der Waals surface area (Å²) in [6.45, 7) is 0. The molecular weight excluding hydrogens is 378 g/mol. The number of hydrogen-bond acceptors (Lipinski definition) is 8. The fraction of sp³-hybridized carbons (Fsp3) is 0. The van der Waals surface area contributed by atoms with E-state index in [1.165, 1.54) is 18.2 Å². The zero-order valence-electron chi connectivity index (χ0n) is 13.2. The Kier molecular flexibility index (Phi) is 5.72. The van der Waals surface area contributed by atoms with Crippen LogP contribution < -0.4 is 44.4 Å². The van der Waals surface area contributed by atoms with Crippen molar-refractivity contribution in [1.82, 2.24) is 0 Å². The van der Waals surface area contributed by atoms with Crippen LogP contribution in [0.2, 0.25) is 0 Å². The molecule has 4 N–H and O–H groups in total. The molecule has 1 heterocycles.